The first-order chi connectivity index (χ1) is 13.9. The fourth-order valence-corrected chi connectivity index (χ4v) is 4.77. The number of carbonyl (C=O) groups is 1. The molecule has 1 atom stereocenters. The first-order valence-corrected chi connectivity index (χ1v) is 12.1. The topological polar surface area (TPSA) is 85.4 Å². The molecule has 2 fully saturated rings. The highest BCUT2D eigenvalue weighted by Crippen LogP contribution is 2.34. The summed E-state index contributed by atoms with van der Waals surface area (Å²) >= 11 is 0. The summed E-state index contributed by atoms with van der Waals surface area (Å²) in [7, 11) is -3.28. The van der Waals surface area contributed by atoms with Crippen LogP contribution in [0.4, 0.5) is 4.79 Å². The summed E-state index contributed by atoms with van der Waals surface area (Å²) in [5.41, 5.74) is 0. The van der Waals surface area contributed by atoms with E-state index >= 15 is 0 Å². The third-order valence-electron chi connectivity index (χ3n) is 5.88. The largest absolute Gasteiger partial charge is 0.486 e. The number of nitrogens with zero attached hydrogens (tertiary/aromatic N) is 2. The lowest BCUT2D eigenvalue weighted by Gasteiger charge is -2.36. The van der Waals surface area contributed by atoms with Crippen LogP contribution in [0.25, 0.3) is 0 Å². The number of rotatable bonds is 6. The quantitative estimate of drug-likeness (QED) is 0.644. The maximum absolute atomic E-state index is 11.8. The van der Waals surface area contributed by atoms with Crippen molar-refractivity contribution in [1.29, 1.82) is 0 Å². The second kappa shape index (κ2) is 9.65. The first-order valence-electron chi connectivity index (χ1n) is 10.2. The lowest BCUT2D eigenvalue weighted by Crippen LogP contribution is -2.44. The normalized spacial score (nSPS) is 22.5. The van der Waals surface area contributed by atoms with Crippen LogP contribution in [-0.4, -0.2) is 82.6 Å². The number of carbonyl (C=O) groups excluding carboxylic acids is 1. The zero-order chi connectivity index (χ0) is 20.4. The van der Waals surface area contributed by atoms with Gasteiger partial charge in [0, 0.05) is 25.4 Å². The van der Waals surface area contributed by atoms with Gasteiger partial charge < -0.3 is 19.1 Å². The van der Waals surface area contributed by atoms with Gasteiger partial charge in [-0.25, -0.2) is 13.2 Å². The van der Waals surface area contributed by atoms with Crippen LogP contribution < -0.4 is 9.47 Å². The molecule has 10 heteroatoms. The van der Waals surface area contributed by atoms with Gasteiger partial charge in [-0.2, -0.15) is 13.5 Å². The Labute approximate surface area is 184 Å². The molecule has 0 saturated carbocycles. The fourth-order valence-electron chi connectivity index (χ4n) is 4.13. The molecule has 168 valence electrons. The molecule has 1 amide bonds. The van der Waals surface area contributed by atoms with E-state index in [1.165, 1.54) is 6.26 Å². The number of benzene rings is 1. The summed E-state index contributed by atoms with van der Waals surface area (Å²) in [6, 6.07) is 4.75. The van der Waals surface area contributed by atoms with Crippen molar-refractivity contribution in [2.24, 2.45) is 5.92 Å². The summed E-state index contributed by atoms with van der Waals surface area (Å²) in [5, 5.41) is 0. The van der Waals surface area contributed by atoms with Crippen molar-refractivity contribution in [3.8, 4) is 11.5 Å². The smallest absolute Gasteiger partial charge is 0.409 e. The highest BCUT2D eigenvalue weighted by molar-refractivity contribution is 7.90. The molecule has 0 N–H and O–H groups in total. The monoisotopic (exact) mass is 458 g/mol. The Balaban J connectivity index is 0.00000256. The van der Waals surface area contributed by atoms with Gasteiger partial charge in [0.2, 0.25) is 0 Å². The summed E-state index contributed by atoms with van der Waals surface area (Å²) in [6.07, 6.45) is 4.11. The number of piperidine rings is 1. The Morgan fingerprint density at radius 1 is 1.10 bits per heavy atom. The Hall–Kier alpha value is -1.65. The van der Waals surface area contributed by atoms with Crippen molar-refractivity contribution in [1.82, 2.24) is 9.80 Å². The maximum Gasteiger partial charge on any atom is 0.409 e. The van der Waals surface area contributed by atoms with Crippen molar-refractivity contribution in [3.05, 3.63) is 18.2 Å². The molecule has 8 nitrogen and oxygen atoms in total. The van der Waals surface area contributed by atoms with Gasteiger partial charge >= 0.3 is 6.09 Å². The van der Waals surface area contributed by atoms with Gasteiger partial charge in [-0.15, -0.1) is 0 Å². The van der Waals surface area contributed by atoms with Crippen molar-refractivity contribution in [3.63, 3.8) is 0 Å². The second-order valence-electron chi connectivity index (χ2n) is 8.07. The minimum absolute atomic E-state index is 0. The van der Waals surface area contributed by atoms with E-state index in [-0.39, 0.29) is 30.6 Å². The molecular weight excluding hydrogens is 428 g/mol. The molecule has 0 unspecified atom stereocenters. The van der Waals surface area contributed by atoms with Crippen molar-refractivity contribution in [2.75, 3.05) is 52.2 Å². The highest BCUT2D eigenvalue weighted by atomic mass is 32.2. The number of sulfone groups is 1. The molecule has 2 saturated heterocycles. The van der Waals surface area contributed by atoms with Crippen LogP contribution in [-0.2, 0) is 14.6 Å². The van der Waals surface area contributed by atoms with Gasteiger partial charge in [-0.1, -0.05) is 0 Å². The minimum Gasteiger partial charge on any atom is -0.486 e. The number of amides is 1. The predicted octanol–water partition coefficient (Wildman–Crippen LogP) is 1.90. The number of hydrogen-bond donors (Lipinski definition) is 0. The van der Waals surface area contributed by atoms with E-state index in [2.05, 4.69) is 4.90 Å². The van der Waals surface area contributed by atoms with Gasteiger partial charge in [-0.05, 0) is 50.4 Å². The van der Waals surface area contributed by atoms with Crippen LogP contribution in [0.2, 0.25) is 0 Å². The zero-order valence-corrected chi connectivity index (χ0v) is 19.0. The van der Waals surface area contributed by atoms with E-state index < -0.39 is 9.84 Å². The molecule has 3 aliphatic rings. The van der Waals surface area contributed by atoms with E-state index in [0.717, 1.165) is 45.4 Å². The van der Waals surface area contributed by atoms with E-state index in [1.54, 1.807) is 23.1 Å². The minimum atomic E-state index is -3.28. The first kappa shape index (κ1) is 23.0. The van der Waals surface area contributed by atoms with E-state index in [9.17, 15) is 13.2 Å². The summed E-state index contributed by atoms with van der Waals surface area (Å²) in [4.78, 5) is 15.9. The molecule has 0 aliphatic carbocycles. The molecule has 0 aromatic heterocycles. The molecule has 30 heavy (non-hydrogen) atoms. The van der Waals surface area contributed by atoms with Crippen LogP contribution in [0, 0.1) is 5.92 Å². The number of cyclic esters (lactones) is 1. The Morgan fingerprint density at radius 2 is 1.87 bits per heavy atom. The number of likely N-dealkylation sites (tertiary alicyclic amines) is 1. The molecule has 1 aromatic rings. The fraction of sp³-hybridized carbons (Fsp3) is 0.650. The van der Waals surface area contributed by atoms with Crippen LogP contribution in [0.15, 0.2) is 23.1 Å². The van der Waals surface area contributed by atoms with Crippen LogP contribution in [0.3, 0.4) is 0 Å². The van der Waals surface area contributed by atoms with Crippen molar-refractivity contribution in [2.45, 2.75) is 30.3 Å². The number of fused-ring (bicyclic) bond motifs is 1. The summed E-state index contributed by atoms with van der Waals surface area (Å²) < 4.78 is 40.3. The van der Waals surface area contributed by atoms with Crippen LogP contribution in [0.5, 0.6) is 11.5 Å². The van der Waals surface area contributed by atoms with Gasteiger partial charge in [0.25, 0.3) is 0 Å². The molecular formula is C20H30N2O6S2. The maximum atomic E-state index is 11.8. The lowest BCUT2D eigenvalue weighted by atomic mass is 9.93. The zero-order valence-electron chi connectivity index (χ0n) is 17.2. The number of ether oxygens (including phenoxy) is 3. The highest BCUT2D eigenvalue weighted by Gasteiger charge is 2.28. The van der Waals surface area contributed by atoms with Gasteiger partial charge in [0.1, 0.15) is 19.3 Å². The van der Waals surface area contributed by atoms with Crippen molar-refractivity contribution >= 4 is 29.4 Å². The molecule has 1 aromatic carbocycles. The van der Waals surface area contributed by atoms with Crippen LogP contribution >= 0.6 is 13.5 Å². The predicted molar refractivity (Wildman–Crippen MR) is 117 cm³/mol. The Bertz CT molecular complexity index is 855. The van der Waals surface area contributed by atoms with E-state index in [0.29, 0.717) is 37.2 Å². The third-order valence-corrected chi connectivity index (χ3v) is 6.99. The molecule has 0 bridgehead atoms. The molecule has 0 radical (unpaired) electrons. The third kappa shape index (κ3) is 5.53. The average Bonchev–Trinajstić information content (AvgIpc) is 3.11. The Morgan fingerprint density at radius 3 is 2.53 bits per heavy atom. The van der Waals surface area contributed by atoms with Crippen molar-refractivity contribution < 1.29 is 27.4 Å². The summed E-state index contributed by atoms with van der Waals surface area (Å²) in [6.45, 7) is 5.20. The van der Waals surface area contributed by atoms with Gasteiger partial charge in [0.15, 0.2) is 21.3 Å². The molecule has 4 rings (SSSR count). The molecule has 0 spiro atoms. The van der Waals surface area contributed by atoms with E-state index in [4.69, 9.17) is 14.2 Å². The molecule has 3 heterocycles. The average molecular weight is 459 g/mol. The second-order valence-corrected chi connectivity index (χ2v) is 10.1. The van der Waals surface area contributed by atoms with E-state index in [1.807, 2.05) is 0 Å². The van der Waals surface area contributed by atoms with Gasteiger partial charge in [0.05, 0.1) is 11.4 Å². The SMILES string of the molecule is CS(=O)(=O)c1ccc2c(c1)O[C@@H](CN1CCC(CCN3CCOC3=O)CC1)CO2.S. The standard InChI is InChI=1S/C20H28N2O6S.H2S/c1-29(24,25)17-2-3-18-19(12-17)28-16(14-27-18)13-21-7-4-15(5-8-21)6-9-22-10-11-26-20(22)23;/h2-3,12,15-16H,4-11,13-14H2,1H3;1H2/t16-;/m0./s1. The summed E-state index contributed by atoms with van der Waals surface area (Å²) in [5.74, 6) is 1.71. The van der Waals surface area contributed by atoms with Crippen LogP contribution in [0.1, 0.15) is 19.3 Å². The number of hydrogen-bond acceptors (Lipinski definition) is 7. The molecule has 3 aliphatic heterocycles. The Kier molecular flexibility index (Phi) is 7.41. The van der Waals surface area contributed by atoms with Gasteiger partial charge in [-0.3, -0.25) is 4.90 Å². The lowest BCUT2D eigenvalue weighted by molar-refractivity contribution is 0.0465.